The van der Waals surface area contributed by atoms with Crippen molar-refractivity contribution in [2.24, 2.45) is 5.92 Å². The van der Waals surface area contributed by atoms with Crippen molar-refractivity contribution in [3.63, 3.8) is 0 Å². The van der Waals surface area contributed by atoms with Gasteiger partial charge >= 0.3 is 0 Å². The topological polar surface area (TPSA) is 57.8 Å². The van der Waals surface area contributed by atoms with Crippen LogP contribution < -0.4 is 5.56 Å². The molecule has 1 aliphatic rings. The van der Waals surface area contributed by atoms with Crippen LogP contribution in [0, 0.1) is 26.7 Å². The van der Waals surface area contributed by atoms with Gasteiger partial charge in [-0.1, -0.05) is 35.9 Å². The summed E-state index contributed by atoms with van der Waals surface area (Å²) in [6.45, 7) is 8.74. The Morgan fingerprint density at radius 2 is 1.70 bits per heavy atom. The summed E-state index contributed by atoms with van der Waals surface area (Å²) < 4.78 is 1.67. The van der Waals surface area contributed by atoms with Gasteiger partial charge < -0.3 is 10.0 Å². The second-order valence-electron chi connectivity index (χ2n) is 8.70. The van der Waals surface area contributed by atoms with Crippen molar-refractivity contribution in [2.75, 3.05) is 19.6 Å². The molecule has 0 bridgehead atoms. The van der Waals surface area contributed by atoms with Gasteiger partial charge in [0.15, 0.2) is 0 Å². The van der Waals surface area contributed by atoms with Crippen LogP contribution in [0.4, 0.5) is 0 Å². The lowest BCUT2D eigenvalue weighted by Gasteiger charge is -2.34. The second-order valence-corrected chi connectivity index (χ2v) is 8.70. The maximum Gasteiger partial charge on any atom is 0.261 e. The molecule has 1 aromatic carbocycles. The van der Waals surface area contributed by atoms with Crippen molar-refractivity contribution in [1.82, 2.24) is 14.3 Å². The Labute approximate surface area is 178 Å². The van der Waals surface area contributed by atoms with E-state index in [1.54, 1.807) is 4.40 Å². The van der Waals surface area contributed by atoms with E-state index in [9.17, 15) is 9.90 Å². The third-order valence-electron chi connectivity index (χ3n) is 6.45. The number of aliphatic hydroxyl groups excluding tert-OH is 1. The molecular weight excluding hydrogens is 374 g/mol. The van der Waals surface area contributed by atoms with E-state index < -0.39 is 6.10 Å². The van der Waals surface area contributed by atoms with E-state index in [1.165, 1.54) is 5.56 Å². The van der Waals surface area contributed by atoms with Gasteiger partial charge in [0.2, 0.25) is 0 Å². The molecule has 3 aromatic rings. The van der Waals surface area contributed by atoms with E-state index in [0.717, 1.165) is 54.9 Å². The molecule has 0 radical (unpaired) electrons. The van der Waals surface area contributed by atoms with Gasteiger partial charge in [0.05, 0.1) is 6.10 Å². The Bertz CT molecular complexity index is 1080. The Hall–Kier alpha value is -2.50. The SMILES string of the molecule is Cc1ccc([C@@H](O)C2CCN(CCc3c(C)nc4ccc(C)cn4c3=O)CC2)cc1. The average molecular weight is 406 g/mol. The van der Waals surface area contributed by atoms with E-state index in [4.69, 9.17) is 0 Å². The summed E-state index contributed by atoms with van der Waals surface area (Å²) in [7, 11) is 0. The molecule has 1 fully saturated rings. The fourth-order valence-electron chi connectivity index (χ4n) is 4.48. The van der Waals surface area contributed by atoms with Crippen molar-refractivity contribution in [3.8, 4) is 0 Å². The lowest BCUT2D eigenvalue weighted by Crippen LogP contribution is -2.37. The number of aryl methyl sites for hydroxylation is 3. The molecule has 158 valence electrons. The monoisotopic (exact) mass is 405 g/mol. The fourth-order valence-corrected chi connectivity index (χ4v) is 4.48. The molecule has 1 atom stereocenters. The Morgan fingerprint density at radius 3 is 2.40 bits per heavy atom. The van der Waals surface area contributed by atoms with E-state index in [2.05, 4.69) is 28.9 Å². The molecule has 2 aromatic heterocycles. The first-order chi connectivity index (χ1) is 14.4. The minimum Gasteiger partial charge on any atom is -0.388 e. The summed E-state index contributed by atoms with van der Waals surface area (Å²) in [6.07, 6.45) is 4.13. The largest absolute Gasteiger partial charge is 0.388 e. The lowest BCUT2D eigenvalue weighted by molar-refractivity contribution is 0.0592. The fraction of sp³-hybridized carbons (Fsp3) is 0.440. The normalized spacial score (nSPS) is 16.8. The van der Waals surface area contributed by atoms with Gasteiger partial charge in [0, 0.05) is 24.0 Å². The van der Waals surface area contributed by atoms with Crippen LogP contribution in [0.5, 0.6) is 0 Å². The second kappa shape index (κ2) is 8.70. The molecule has 0 spiro atoms. The molecule has 5 nitrogen and oxygen atoms in total. The number of hydrogen-bond acceptors (Lipinski definition) is 4. The van der Waals surface area contributed by atoms with Gasteiger partial charge in [-0.3, -0.25) is 9.20 Å². The molecule has 1 N–H and O–H groups in total. The van der Waals surface area contributed by atoms with Crippen LogP contribution >= 0.6 is 0 Å². The van der Waals surface area contributed by atoms with E-state index in [-0.39, 0.29) is 5.56 Å². The van der Waals surface area contributed by atoms with Crippen LogP contribution in [-0.4, -0.2) is 39.0 Å². The van der Waals surface area contributed by atoms with Crippen molar-refractivity contribution < 1.29 is 5.11 Å². The van der Waals surface area contributed by atoms with Crippen LogP contribution in [0.3, 0.4) is 0 Å². The van der Waals surface area contributed by atoms with E-state index in [0.29, 0.717) is 18.0 Å². The molecule has 3 heterocycles. The highest BCUT2D eigenvalue weighted by atomic mass is 16.3. The lowest BCUT2D eigenvalue weighted by atomic mass is 9.87. The zero-order valence-corrected chi connectivity index (χ0v) is 18.1. The molecule has 30 heavy (non-hydrogen) atoms. The molecule has 0 saturated carbocycles. The van der Waals surface area contributed by atoms with Crippen molar-refractivity contribution in [3.05, 3.63) is 80.9 Å². The predicted molar refractivity (Wildman–Crippen MR) is 120 cm³/mol. The number of pyridine rings is 1. The van der Waals surface area contributed by atoms with Crippen molar-refractivity contribution >= 4 is 5.65 Å². The van der Waals surface area contributed by atoms with Gasteiger partial charge in [-0.15, -0.1) is 0 Å². The first-order valence-electron chi connectivity index (χ1n) is 10.9. The third kappa shape index (κ3) is 4.32. The molecule has 0 aliphatic carbocycles. The minimum atomic E-state index is -0.396. The zero-order valence-electron chi connectivity index (χ0n) is 18.1. The molecule has 5 heteroatoms. The first-order valence-corrected chi connectivity index (χ1v) is 10.9. The van der Waals surface area contributed by atoms with Crippen LogP contribution in [0.25, 0.3) is 5.65 Å². The number of fused-ring (bicyclic) bond motifs is 1. The van der Waals surface area contributed by atoms with Gasteiger partial charge in [-0.2, -0.15) is 0 Å². The molecule has 1 saturated heterocycles. The van der Waals surface area contributed by atoms with Crippen LogP contribution in [0.2, 0.25) is 0 Å². The smallest absolute Gasteiger partial charge is 0.261 e. The van der Waals surface area contributed by atoms with Crippen LogP contribution in [0.15, 0.2) is 47.4 Å². The van der Waals surface area contributed by atoms with Crippen molar-refractivity contribution in [2.45, 2.75) is 46.1 Å². The Kier molecular flexibility index (Phi) is 6.02. The van der Waals surface area contributed by atoms with Crippen molar-refractivity contribution in [1.29, 1.82) is 0 Å². The summed E-state index contributed by atoms with van der Waals surface area (Å²) >= 11 is 0. The molecule has 1 aliphatic heterocycles. The zero-order chi connectivity index (χ0) is 21.3. The summed E-state index contributed by atoms with van der Waals surface area (Å²) in [5, 5.41) is 10.8. The summed E-state index contributed by atoms with van der Waals surface area (Å²) in [4.78, 5) is 20.0. The standard InChI is InChI=1S/C25H31N3O2/c1-17-4-7-20(8-5-17)24(29)21-10-13-27(14-11-21)15-12-22-19(3)26-23-9-6-18(2)16-28(23)25(22)30/h4-9,16,21,24,29H,10-15H2,1-3H3/t24-/m1/s1. The number of nitrogens with zero attached hydrogens (tertiary/aromatic N) is 3. The summed E-state index contributed by atoms with van der Waals surface area (Å²) in [5.74, 6) is 0.293. The van der Waals surface area contributed by atoms with Gasteiger partial charge in [-0.05, 0) is 76.2 Å². The number of aromatic nitrogens is 2. The van der Waals surface area contributed by atoms with Gasteiger partial charge in [-0.25, -0.2) is 4.98 Å². The quantitative estimate of drug-likeness (QED) is 0.705. The van der Waals surface area contributed by atoms with Crippen LogP contribution in [-0.2, 0) is 6.42 Å². The Balaban J connectivity index is 1.38. The molecule has 4 rings (SSSR count). The third-order valence-corrected chi connectivity index (χ3v) is 6.45. The van der Waals surface area contributed by atoms with E-state index in [1.807, 2.05) is 44.3 Å². The number of benzene rings is 1. The number of piperidine rings is 1. The van der Waals surface area contributed by atoms with Crippen LogP contribution in [0.1, 0.15) is 46.9 Å². The first kappa shape index (κ1) is 20.8. The number of aliphatic hydroxyl groups is 1. The maximum absolute atomic E-state index is 13.0. The molecular formula is C25H31N3O2. The molecule has 0 amide bonds. The highest BCUT2D eigenvalue weighted by molar-refractivity contribution is 5.41. The average Bonchev–Trinajstić information content (AvgIpc) is 2.75. The highest BCUT2D eigenvalue weighted by Gasteiger charge is 2.26. The number of rotatable bonds is 5. The predicted octanol–water partition coefficient (Wildman–Crippen LogP) is 3.61. The number of hydrogen-bond donors (Lipinski definition) is 1. The van der Waals surface area contributed by atoms with E-state index >= 15 is 0 Å². The maximum atomic E-state index is 13.0. The minimum absolute atomic E-state index is 0.0471. The molecule has 0 unspecified atom stereocenters. The van der Waals surface area contributed by atoms with Gasteiger partial charge in [0.25, 0.3) is 5.56 Å². The Morgan fingerprint density at radius 1 is 1.03 bits per heavy atom. The number of likely N-dealkylation sites (tertiary alicyclic amines) is 1. The highest BCUT2D eigenvalue weighted by Crippen LogP contribution is 2.30. The summed E-state index contributed by atoms with van der Waals surface area (Å²) in [6, 6.07) is 12.1. The summed E-state index contributed by atoms with van der Waals surface area (Å²) in [5.41, 5.74) is 5.66. The van der Waals surface area contributed by atoms with Gasteiger partial charge in [0.1, 0.15) is 5.65 Å².